The molecule has 1 saturated carbocycles. The van der Waals surface area contributed by atoms with Crippen LogP contribution in [0.25, 0.3) is 0 Å². The van der Waals surface area contributed by atoms with Gasteiger partial charge in [-0.25, -0.2) is 0 Å². The van der Waals surface area contributed by atoms with E-state index in [0.29, 0.717) is 24.5 Å². The molecule has 0 bridgehead atoms. The van der Waals surface area contributed by atoms with E-state index in [2.05, 4.69) is 31.3 Å². The van der Waals surface area contributed by atoms with Crippen LogP contribution in [0.4, 0.5) is 0 Å². The van der Waals surface area contributed by atoms with Gasteiger partial charge in [-0.05, 0) is 0 Å². The molecule has 2 rings (SSSR count). The molecule has 1 aromatic rings. The Labute approximate surface area is 262 Å². The molecule has 39 heavy (non-hydrogen) atoms. The van der Waals surface area contributed by atoms with Gasteiger partial charge in [0.05, 0.1) is 0 Å². The third-order valence-corrected chi connectivity index (χ3v) is 15.9. The van der Waals surface area contributed by atoms with Gasteiger partial charge in [-0.15, -0.1) is 0 Å². The molecule has 0 saturated heterocycles. The number of rotatable bonds is 18. The van der Waals surface area contributed by atoms with E-state index < -0.39 is 54.6 Å². The second-order valence-electron chi connectivity index (χ2n) is 11.8. The first-order valence-corrected chi connectivity index (χ1v) is 20.8. The Morgan fingerprint density at radius 1 is 0.974 bits per heavy atom. The van der Waals surface area contributed by atoms with Crippen LogP contribution in [-0.4, -0.2) is 56.0 Å². The molecule has 3 N–H and O–H groups in total. The first-order valence-electron chi connectivity index (χ1n) is 14.6. The molecular weight excluding hydrogens is 736 g/mol. The summed E-state index contributed by atoms with van der Waals surface area (Å²) in [7, 11) is 0. The minimum absolute atomic E-state index is 0.00266. The Morgan fingerprint density at radius 3 is 2.26 bits per heavy atom. The van der Waals surface area contributed by atoms with E-state index in [-0.39, 0.29) is 27.7 Å². The monoisotopic (exact) mass is 787 g/mol. The van der Waals surface area contributed by atoms with Crippen molar-refractivity contribution in [2.24, 2.45) is 23.7 Å². The fourth-order valence-corrected chi connectivity index (χ4v) is 12.7. The molecule has 1 amide bonds. The maximum absolute atomic E-state index is 13.4. The van der Waals surface area contributed by atoms with Crippen molar-refractivity contribution in [1.82, 2.24) is 5.32 Å². The summed E-state index contributed by atoms with van der Waals surface area (Å²) in [6, 6.07) is 10.2. The van der Waals surface area contributed by atoms with Gasteiger partial charge in [0.15, 0.2) is 0 Å². The Kier molecular flexibility index (Phi) is 17.5. The Balaban J connectivity index is 1.98. The van der Waals surface area contributed by atoms with Gasteiger partial charge < -0.3 is 0 Å². The molecule has 2 unspecified atom stereocenters. The summed E-state index contributed by atoms with van der Waals surface area (Å²) in [6.45, 7) is 10.4. The van der Waals surface area contributed by atoms with Gasteiger partial charge in [0.2, 0.25) is 0 Å². The molecule has 0 aromatic heterocycles. The number of hydrogen-bond donors (Lipinski definition) is 3. The summed E-state index contributed by atoms with van der Waals surface area (Å²) in [5.74, 6) is 2.40. The van der Waals surface area contributed by atoms with Crippen molar-refractivity contribution in [2.75, 3.05) is 15.9 Å². The van der Waals surface area contributed by atoms with E-state index in [0.717, 1.165) is 17.9 Å². The molecule has 1 fully saturated rings. The van der Waals surface area contributed by atoms with E-state index >= 15 is 0 Å². The molecular formula is C31H51I2NO4S-2. The van der Waals surface area contributed by atoms with Crippen LogP contribution in [0.1, 0.15) is 78.7 Å². The third-order valence-electron chi connectivity index (χ3n) is 6.84. The molecule has 0 heterocycles. The molecule has 8 heteroatoms. The van der Waals surface area contributed by atoms with Crippen molar-refractivity contribution in [2.45, 2.75) is 99.7 Å². The number of thioether (sulfide) groups is 1. The van der Waals surface area contributed by atoms with Crippen LogP contribution in [0.15, 0.2) is 30.3 Å². The summed E-state index contributed by atoms with van der Waals surface area (Å²) < 4.78 is 1.19. The van der Waals surface area contributed by atoms with E-state index in [4.69, 9.17) is 0 Å². The SMILES string of the molecule is CC(C)CSCC(Cc1ccccc1)C(=O)[I-]C[C@@H](C)C(=O)N[C@@H]([I-]C1CCCCC1)[C@@H](O)C(O)CC(C)C. The van der Waals surface area contributed by atoms with Gasteiger partial charge in [0, 0.05) is 0 Å². The van der Waals surface area contributed by atoms with Crippen LogP contribution < -0.4 is 47.7 Å². The minimum atomic E-state index is -0.928. The number of carbonyl (C=O) groups excluding carboxylic acids is 2. The summed E-state index contributed by atoms with van der Waals surface area (Å²) >= 11 is 0.579. The molecule has 1 aliphatic carbocycles. The Morgan fingerprint density at radius 2 is 1.64 bits per heavy atom. The molecule has 5 nitrogen and oxygen atoms in total. The molecule has 1 aliphatic rings. The zero-order valence-electron chi connectivity index (χ0n) is 24.5. The van der Waals surface area contributed by atoms with Gasteiger partial charge >= 0.3 is 264 Å². The van der Waals surface area contributed by atoms with Crippen LogP contribution in [0, 0.1) is 23.7 Å². The average molecular weight is 788 g/mol. The molecule has 0 aliphatic heterocycles. The molecule has 0 spiro atoms. The second-order valence-corrected chi connectivity index (χ2v) is 19.4. The molecule has 1 aromatic carbocycles. The number of carbonyl (C=O) groups is 2. The number of halogens is 2. The number of aliphatic hydroxyl groups excluding tert-OH is 2. The van der Waals surface area contributed by atoms with E-state index in [1.54, 1.807) is 0 Å². The predicted molar refractivity (Wildman–Crippen MR) is 155 cm³/mol. The quantitative estimate of drug-likeness (QED) is 0.0780. The van der Waals surface area contributed by atoms with Crippen molar-refractivity contribution in [3.8, 4) is 0 Å². The average Bonchev–Trinajstić information content (AvgIpc) is 2.90. The Bertz CT molecular complexity index is 835. The van der Waals surface area contributed by atoms with E-state index in [9.17, 15) is 19.8 Å². The number of alkyl halides is 3. The van der Waals surface area contributed by atoms with Crippen molar-refractivity contribution in [3.63, 3.8) is 0 Å². The summed E-state index contributed by atoms with van der Waals surface area (Å²) in [4.78, 5) is 26.7. The summed E-state index contributed by atoms with van der Waals surface area (Å²) in [5, 5.41) is 24.9. The number of hydrogen-bond acceptors (Lipinski definition) is 5. The van der Waals surface area contributed by atoms with Crippen molar-refractivity contribution >= 4 is 21.5 Å². The first kappa shape index (κ1) is 35.3. The van der Waals surface area contributed by atoms with Gasteiger partial charge in [-0.1, -0.05) is 0 Å². The normalized spacial score (nSPS) is 18.7. The maximum atomic E-state index is 13.4. The topological polar surface area (TPSA) is 86.6 Å². The van der Waals surface area contributed by atoms with Crippen LogP contribution in [0.3, 0.4) is 0 Å². The first-order chi connectivity index (χ1) is 18.6. The van der Waals surface area contributed by atoms with Crippen LogP contribution in [0.5, 0.6) is 0 Å². The van der Waals surface area contributed by atoms with E-state index in [1.165, 1.54) is 37.7 Å². The second kappa shape index (κ2) is 19.3. The fourth-order valence-electron chi connectivity index (χ4n) is 4.58. The van der Waals surface area contributed by atoms with Crippen molar-refractivity contribution in [1.29, 1.82) is 0 Å². The van der Waals surface area contributed by atoms with Crippen molar-refractivity contribution < 1.29 is 62.2 Å². The zero-order chi connectivity index (χ0) is 28.8. The van der Waals surface area contributed by atoms with Gasteiger partial charge in [0.25, 0.3) is 0 Å². The number of nitrogens with one attached hydrogen (secondary N) is 1. The predicted octanol–water partition coefficient (Wildman–Crippen LogP) is -0.882. The number of benzene rings is 1. The van der Waals surface area contributed by atoms with Gasteiger partial charge in [-0.2, -0.15) is 0 Å². The number of amides is 1. The Hall–Kier alpha value is 0.0900. The van der Waals surface area contributed by atoms with Crippen LogP contribution in [0.2, 0.25) is 0 Å². The fraction of sp³-hybridized carbons (Fsp3) is 0.742. The van der Waals surface area contributed by atoms with Gasteiger partial charge in [-0.3, -0.25) is 0 Å². The molecule has 0 radical (unpaired) electrons. The molecule has 5 atom stereocenters. The standard InChI is InChI=1S/C31H51I2NO4S/c1-21(2)16-27(35)28(36)29(33-26-14-10-7-11-15-26)34-31(38)23(5)18-32-30(37)25(20-39-19-22(3)4)17-24-12-8-6-9-13-24/h6,8-9,12-13,21-23,25-29,35-36H,7,10-11,14-20H2,1-5H3,(H,34,38)/q-2/t23-,25?,27?,28+,29-/m1/s1. The third kappa shape index (κ3) is 14.2. The van der Waals surface area contributed by atoms with Gasteiger partial charge in [0.1, 0.15) is 0 Å². The van der Waals surface area contributed by atoms with Crippen LogP contribution in [-0.2, 0) is 16.0 Å². The summed E-state index contributed by atoms with van der Waals surface area (Å²) in [6.07, 6.45) is 5.57. The number of aliphatic hydroxyl groups is 2. The van der Waals surface area contributed by atoms with E-state index in [1.807, 2.05) is 50.7 Å². The van der Waals surface area contributed by atoms with Crippen LogP contribution >= 0.6 is 11.8 Å². The molecule has 226 valence electrons. The van der Waals surface area contributed by atoms with Crippen molar-refractivity contribution in [3.05, 3.63) is 35.9 Å². The summed E-state index contributed by atoms with van der Waals surface area (Å²) in [5.41, 5.74) is 1.19. The zero-order valence-corrected chi connectivity index (χ0v) is 29.6.